The Morgan fingerprint density at radius 1 is 1.35 bits per heavy atom. The van der Waals surface area contributed by atoms with Gasteiger partial charge in [-0.25, -0.2) is 0 Å². The number of amides is 1. The maximum atomic E-state index is 11.7. The van der Waals surface area contributed by atoms with Gasteiger partial charge in [-0.15, -0.1) is 0 Å². The van der Waals surface area contributed by atoms with Crippen LogP contribution in [0.5, 0.6) is 0 Å². The minimum atomic E-state index is 0.0951. The first-order valence-electron chi connectivity index (χ1n) is 6.08. The molecule has 1 N–H and O–H groups in total. The van der Waals surface area contributed by atoms with Crippen LogP contribution in [0.3, 0.4) is 0 Å². The molecule has 0 aliphatic rings. The molecule has 0 heterocycles. The Bertz CT molecular complexity index is 324. The Labute approximate surface area is 103 Å². The number of carbonyl (C=O) groups excluding carboxylic acids is 1. The highest BCUT2D eigenvalue weighted by molar-refractivity contribution is 5.76. The molecule has 3 nitrogen and oxygen atoms in total. The van der Waals surface area contributed by atoms with Gasteiger partial charge in [-0.3, -0.25) is 4.79 Å². The van der Waals surface area contributed by atoms with Crippen LogP contribution >= 0.6 is 0 Å². The average molecular weight is 235 g/mol. The normalized spacial score (nSPS) is 12.1. The van der Waals surface area contributed by atoms with E-state index in [9.17, 15) is 4.79 Å². The maximum absolute atomic E-state index is 11.7. The van der Waals surface area contributed by atoms with E-state index in [0.717, 1.165) is 12.8 Å². The molecule has 1 atom stereocenters. The summed E-state index contributed by atoms with van der Waals surface area (Å²) >= 11 is 0. The number of aryl methyl sites for hydroxylation is 1. The van der Waals surface area contributed by atoms with Crippen molar-refractivity contribution in [2.75, 3.05) is 13.7 Å². The fourth-order valence-electron chi connectivity index (χ4n) is 1.67. The Kier molecular flexibility index (Phi) is 6.33. The molecule has 94 valence electrons. The fourth-order valence-corrected chi connectivity index (χ4v) is 1.67. The first-order chi connectivity index (χ1) is 8.26. The number of rotatable bonds is 7. The molecule has 0 spiro atoms. The molecule has 1 aromatic carbocycles. The van der Waals surface area contributed by atoms with E-state index in [1.54, 1.807) is 7.11 Å². The van der Waals surface area contributed by atoms with Gasteiger partial charge in [0.15, 0.2) is 0 Å². The third-order valence-electron chi connectivity index (χ3n) is 2.71. The van der Waals surface area contributed by atoms with Crippen LogP contribution in [0.2, 0.25) is 0 Å². The fraction of sp³-hybridized carbons (Fsp3) is 0.500. The summed E-state index contributed by atoms with van der Waals surface area (Å²) in [6.45, 7) is 2.62. The lowest BCUT2D eigenvalue weighted by molar-refractivity contribution is -0.122. The Morgan fingerprint density at radius 2 is 2.06 bits per heavy atom. The summed E-state index contributed by atoms with van der Waals surface area (Å²) in [5.74, 6) is 0.0951. The monoisotopic (exact) mass is 235 g/mol. The molecule has 0 saturated heterocycles. The molecule has 17 heavy (non-hydrogen) atoms. The molecule has 1 aromatic rings. The smallest absolute Gasteiger partial charge is 0.220 e. The molecular formula is C14H21NO2. The SMILES string of the molecule is CCC(COC)NC(=O)CCc1ccccc1. The van der Waals surface area contributed by atoms with E-state index < -0.39 is 0 Å². The number of hydrogen-bond acceptors (Lipinski definition) is 2. The number of hydrogen-bond donors (Lipinski definition) is 1. The van der Waals surface area contributed by atoms with Crippen molar-refractivity contribution < 1.29 is 9.53 Å². The Hall–Kier alpha value is -1.35. The molecule has 0 aliphatic heterocycles. The largest absolute Gasteiger partial charge is 0.383 e. The summed E-state index contributed by atoms with van der Waals surface area (Å²) in [6.07, 6.45) is 2.21. The predicted molar refractivity (Wildman–Crippen MR) is 68.9 cm³/mol. The van der Waals surface area contributed by atoms with Crippen molar-refractivity contribution in [1.29, 1.82) is 0 Å². The summed E-state index contributed by atoms with van der Waals surface area (Å²) in [5.41, 5.74) is 1.20. The van der Waals surface area contributed by atoms with Crippen molar-refractivity contribution in [1.82, 2.24) is 5.32 Å². The number of benzene rings is 1. The van der Waals surface area contributed by atoms with Crippen molar-refractivity contribution >= 4 is 5.91 Å². The summed E-state index contributed by atoms with van der Waals surface area (Å²) < 4.78 is 5.04. The quantitative estimate of drug-likeness (QED) is 0.786. The van der Waals surface area contributed by atoms with Crippen molar-refractivity contribution in [3.05, 3.63) is 35.9 Å². The number of nitrogens with one attached hydrogen (secondary N) is 1. The van der Waals surface area contributed by atoms with E-state index in [-0.39, 0.29) is 11.9 Å². The zero-order valence-electron chi connectivity index (χ0n) is 10.6. The highest BCUT2D eigenvalue weighted by atomic mass is 16.5. The molecule has 0 bridgehead atoms. The maximum Gasteiger partial charge on any atom is 0.220 e. The van der Waals surface area contributed by atoms with Gasteiger partial charge in [-0.1, -0.05) is 37.3 Å². The Balaban J connectivity index is 2.30. The van der Waals surface area contributed by atoms with Crippen LogP contribution in [0.15, 0.2) is 30.3 Å². The van der Waals surface area contributed by atoms with Crippen LogP contribution in [0, 0.1) is 0 Å². The lowest BCUT2D eigenvalue weighted by Gasteiger charge is -2.15. The van der Waals surface area contributed by atoms with Crippen LogP contribution in [0.1, 0.15) is 25.3 Å². The van der Waals surface area contributed by atoms with Gasteiger partial charge in [-0.05, 0) is 18.4 Å². The topological polar surface area (TPSA) is 38.3 Å². The van der Waals surface area contributed by atoms with Crippen LogP contribution in [0.25, 0.3) is 0 Å². The summed E-state index contributed by atoms with van der Waals surface area (Å²) in [7, 11) is 1.65. The van der Waals surface area contributed by atoms with E-state index >= 15 is 0 Å². The summed E-state index contributed by atoms with van der Waals surface area (Å²) in [4.78, 5) is 11.7. The van der Waals surface area contributed by atoms with Crippen LogP contribution < -0.4 is 5.32 Å². The van der Waals surface area contributed by atoms with Gasteiger partial charge in [0.2, 0.25) is 5.91 Å². The highest BCUT2D eigenvalue weighted by Gasteiger charge is 2.09. The average Bonchev–Trinajstić information content (AvgIpc) is 2.37. The van der Waals surface area contributed by atoms with E-state index in [1.807, 2.05) is 37.3 Å². The third kappa shape index (κ3) is 5.50. The lowest BCUT2D eigenvalue weighted by atomic mass is 10.1. The van der Waals surface area contributed by atoms with Gasteiger partial charge in [0.25, 0.3) is 0 Å². The standard InChI is InChI=1S/C14H21NO2/c1-3-13(11-17-2)15-14(16)10-9-12-7-5-4-6-8-12/h4-8,13H,3,9-11H2,1-2H3,(H,15,16). The van der Waals surface area contributed by atoms with E-state index in [1.165, 1.54) is 5.56 Å². The first-order valence-corrected chi connectivity index (χ1v) is 6.08. The minimum Gasteiger partial charge on any atom is -0.383 e. The molecule has 1 unspecified atom stereocenters. The van der Waals surface area contributed by atoms with Gasteiger partial charge in [0, 0.05) is 13.5 Å². The van der Waals surface area contributed by atoms with Crippen LogP contribution in [0.4, 0.5) is 0 Å². The molecule has 0 fully saturated rings. The van der Waals surface area contributed by atoms with E-state index in [0.29, 0.717) is 13.0 Å². The second-order valence-corrected chi connectivity index (χ2v) is 4.11. The van der Waals surface area contributed by atoms with Gasteiger partial charge < -0.3 is 10.1 Å². The first kappa shape index (κ1) is 13.7. The van der Waals surface area contributed by atoms with Gasteiger partial charge in [0.05, 0.1) is 12.6 Å². The van der Waals surface area contributed by atoms with Gasteiger partial charge in [-0.2, -0.15) is 0 Å². The molecule has 1 amide bonds. The molecule has 0 saturated carbocycles. The second kappa shape index (κ2) is 7.85. The molecule has 1 rings (SSSR count). The number of carbonyl (C=O) groups is 1. The van der Waals surface area contributed by atoms with E-state index in [4.69, 9.17) is 4.74 Å². The molecular weight excluding hydrogens is 214 g/mol. The van der Waals surface area contributed by atoms with Crippen molar-refractivity contribution in [3.8, 4) is 0 Å². The Morgan fingerprint density at radius 3 is 2.65 bits per heavy atom. The molecule has 0 aromatic heterocycles. The van der Waals surface area contributed by atoms with Crippen molar-refractivity contribution in [2.45, 2.75) is 32.2 Å². The molecule has 3 heteroatoms. The summed E-state index contributed by atoms with van der Waals surface area (Å²) in [6, 6.07) is 10.2. The summed E-state index contributed by atoms with van der Waals surface area (Å²) in [5, 5.41) is 2.97. The lowest BCUT2D eigenvalue weighted by Crippen LogP contribution is -2.37. The number of ether oxygens (including phenoxy) is 1. The van der Waals surface area contributed by atoms with Gasteiger partial charge in [0.1, 0.15) is 0 Å². The highest BCUT2D eigenvalue weighted by Crippen LogP contribution is 2.02. The zero-order valence-corrected chi connectivity index (χ0v) is 10.6. The van der Waals surface area contributed by atoms with E-state index in [2.05, 4.69) is 5.32 Å². The minimum absolute atomic E-state index is 0.0951. The third-order valence-corrected chi connectivity index (χ3v) is 2.71. The zero-order chi connectivity index (χ0) is 12.5. The van der Waals surface area contributed by atoms with Crippen molar-refractivity contribution in [2.24, 2.45) is 0 Å². The van der Waals surface area contributed by atoms with Crippen LogP contribution in [-0.4, -0.2) is 25.7 Å². The molecule has 0 radical (unpaired) electrons. The number of methoxy groups -OCH3 is 1. The predicted octanol–water partition coefficient (Wildman–Crippen LogP) is 2.16. The second-order valence-electron chi connectivity index (χ2n) is 4.11. The van der Waals surface area contributed by atoms with Crippen LogP contribution in [-0.2, 0) is 16.0 Å². The molecule has 0 aliphatic carbocycles. The van der Waals surface area contributed by atoms with Crippen molar-refractivity contribution in [3.63, 3.8) is 0 Å². The van der Waals surface area contributed by atoms with Gasteiger partial charge >= 0.3 is 0 Å².